The predicted molar refractivity (Wildman–Crippen MR) is 145 cm³/mol. The lowest BCUT2D eigenvalue weighted by atomic mass is 10.1. The van der Waals surface area contributed by atoms with Crippen molar-refractivity contribution in [1.82, 2.24) is 19.0 Å². The highest BCUT2D eigenvalue weighted by Gasteiger charge is 2.26. The molecule has 0 bridgehead atoms. The Labute approximate surface area is 215 Å². The first-order valence-corrected chi connectivity index (χ1v) is 12.5. The van der Waals surface area contributed by atoms with Crippen LogP contribution in [0.15, 0.2) is 85.1 Å². The van der Waals surface area contributed by atoms with Crippen molar-refractivity contribution in [3.05, 3.63) is 96.3 Å². The van der Waals surface area contributed by atoms with Crippen molar-refractivity contribution in [1.29, 1.82) is 0 Å². The third-order valence-electron chi connectivity index (χ3n) is 7.07. The molecule has 0 fully saturated rings. The number of methoxy groups -OCH3 is 1. The van der Waals surface area contributed by atoms with E-state index in [0.717, 1.165) is 65.5 Å². The summed E-state index contributed by atoms with van der Waals surface area (Å²) in [7, 11) is 1.68. The van der Waals surface area contributed by atoms with Gasteiger partial charge in [-0.1, -0.05) is 48.5 Å². The first-order valence-electron chi connectivity index (χ1n) is 12.5. The van der Waals surface area contributed by atoms with Crippen LogP contribution in [0, 0.1) is 0 Å². The minimum atomic E-state index is -0.341. The van der Waals surface area contributed by atoms with Gasteiger partial charge in [-0.25, -0.2) is 4.98 Å². The summed E-state index contributed by atoms with van der Waals surface area (Å²) in [5.74, 6) is 1.49. The maximum absolute atomic E-state index is 11.7. The molecule has 3 heterocycles. The van der Waals surface area contributed by atoms with Crippen molar-refractivity contribution in [2.75, 3.05) is 13.7 Å². The van der Waals surface area contributed by atoms with Crippen molar-refractivity contribution in [3.63, 3.8) is 0 Å². The first kappa shape index (κ1) is 23.1. The summed E-state index contributed by atoms with van der Waals surface area (Å²) in [5.41, 5.74) is 12.1. The highest BCUT2D eigenvalue weighted by molar-refractivity contribution is 5.86. The second-order valence-corrected chi connectivity index (χ2v) is 9.45. The molecule has 0 spiro atoms. The number of primary amides is 1. The van der Waals surface area contributed by atoms with Crippen LogP contribution in [0.5, 0.6) is 5.75 Å². The molecule has 6 rings (SSSR count). The Kier molecular flexibility index (Phi) is 5.98. The van der Waals surface area contributed by atoms with Gasteiger partial charge in [0.2, 0.25) is 5.91 Å². The highest BCUT2D eigenvalue weighted by Crippen LogP contribution is 2.34. The molecule has 0 aliphatic carbocycles. The number of amides is 1. The van der Waals surface area contributed by atoms with Gasteiger partial charge < -0.3 is 19.6 Å². The van der Waals surface area contributed by atoms with E-state index < -0.39 is 0 Å². The quantitative estimate of drug-likeness (QED) is 0.359. The predicted octanol–water partition coefficient (Wildman–Crippen LogP) is 4.68. The highest BCUT2D eigenvalue weighted by atomic mass is 16.5. The number of fused-ring (bicyclic) bond motifs is 2. The Bertz CT molecular complexity index is 1570. The van der Waals surface area contributed by atoms with Crippen molar-refractivity contribution in [3.8, 4) is 28.4 Å². The Morgan fingerprint density at radius 3 is 2.46 bits per heavy atom. The molecule has 7 heteroatoms. The Morgan fingerprint density at radius 1 is 0.946 bits per heavy atom. The van der Waals surface area contributed by atoms with Gasteiger partial charge in [-0.2, -0.15) is 0 Å². The van der Waals surface area contributed by atoms with Crippen molar-refractivity contribution < 1.29 is 9.53 Å². The summed E-state index contributed by atoms with van der Waals surface area (Å²) < 4.78 is 9.69. The largest absolute Gasteiger partial charge is 0.497 e. The minimum absolute atomic E-state index is 0.176. The number of nitrogens with zero attached hydrogens (tertiary/aromatic N) is 4. The van der Waals surface area contributed by atoms with Gasteiger partial charge in [0, 0.05) is 54.4 Å². The van der Waals surface area contributed by atoms with Crippen LogP contribution in [0.25, 0.3) is 33.5 Å². The molecule has 0 saturated carbocycles. The van der Waals surface area contributed by atoms with Crippen LogP contribution < -0.4 is 10.5 Å². The van der Waals surface area contributed by atoms with Crippen LogP contribution in [0.3, 0.4) is 0 Å². The lowest BCUT2D eigenvalue weighted by Gasteiger charge is -2.29. The number of hydrogen-bond acceptors (Lipinski definition) is 4. The Morgan fingerprint density at radius 2 is 1.70 bits per heavy atom. The fourth-order valence-corrected chi connectivity index (χ4v) is 5.33. The van der Waals surface area contributed by atoms with Crippen LogP contribution in [-0.2, 0) is 31.0 Å². The van der Waals surface area contributed by atoms with Gasteiger partial charge in [-0.15, -0.1) is 0 Å². The number of carbonyl (C=O) groups excluding carboxylic acids is 1. The van der Waals surface area contributed by atoms with Gasteiger partial charge in [0.25, 0.3) is 0 Å². The fourth-order valence-electron chi connectivity index (χ4n) is 5.33. The van der Waals surface area contributed by atoms with E-state index in [1.807, 2.05) is 41.0 Å². The normalized spacial score (nSPS) is 13.5. The summed E-state index contributed by atoms with van der Waals surface area (Å²) in [6, 6.07) is 26.7. The van der Waals surface area contributed by atoms with Gasteiger partial charge in [0.05, 0.1) is 18.5 Å². The van der Waals surface area contributed by atoms with Crippen molar-refractivity contribution in [2.45, 2.75) is 26.2 Å². The molecule has 7 nitrogen and oxygen atoms in total. The number of hydrogen-bond donors (Lipinski definition) is 1. The second-order valence-electron chi connectivity index (χ2n) is 9.45. The van der Waals surface area contributed by atoms with E-state index in [2.05, 4.69) is 58.1 Å². The molecule has 0 unspecified atom stereocenters. The van der Waals surface area contributed by atoms with E-state index in [9.17, 15) is 4.79 Å². The summed E-state index contributed by atoms with van der Waals surface area (Å²) in [6.07, 6.45) is 2.07. The molecule has 1 amide bonds. The van der Waals surface area contributed by atoms with E-state index in [0.29, 0.717) is 0 Å². The van der Waals surface area contributed by atoms with Gasteiger partial charge in [-0.05, 0) is 35.9 Å². The molecule has 1 aliphatic heterocycles. The molecule has 3 aromatic carbocycles. The van der Waals surface area contributed by atoms with Crippen LogP contribution in [0.2, 0.25) is 0 Å². The molecule has 2 aromatic heterocycles. The number of rotatable bonds is 7. The number of benzene rings is 3. The summed E-state index contributed by atoms with van der Waals surface area (Å²) in [6.45, 7) is 3.48. The zero-order valence-corrected chi connectivity index (χ0v) is 20.8. The van der Waals surface area contributed by atoms with Crippen LogP contribution >= 0.6 is 0 Å². The lowest BCUT2D eigenvalue weighted by Crippen LogP contribution is -2.33. The number of nitrogens with two attached hydrogens (primary N) is 1. The Hall–Kier alpha value is -4.36. The number of carbonyl (C=O) groups is 1. The van der Waals surface area contributed by atoms with Gasteiger partial charge >= 0.3 is 0 Å². The van der Waals surface area contributed by atoms with Gasteiger partial charge in [0.1, 0.15) is 18.1 Å². The summed E-state index contributed by atoms with van der Waals surface area (Å²) in [5, 5.41) is 1.16. The molecule has 0 radical (unpaired) electrons. The lowest BCUT2D eigenvalue weighted by molar-refractivity contribution is -0.118. The second kappa shape index (κ2) is 9.59. The number of aromatic nitrogens is 3. The topological polar surface area (TPSA) is 78.3 Å². The molecular formula is C30H29N5O2. The Balaban J connectivity index is 1.37. The fraction of sp³-hybridized carbons (Fsp3) is 0.200. The van der Waals surface area contributed by atoms with Gasteiger partial charge in [-0.3, -0.25) is 9.69 Å². The number of imidazole rings is 1. The van der Waals surface area contributed by atoms with Crippen LogP contribution in [-0.4, -0.2) is 38.6 Å². The standard InChI is InChI=1S/C30H29N5O2/c1-37-24-13-11-21(12-14-24)29-27-19-33(15-16-35(27)30(32-29)22-7-3-2-4-8-22)17-23-18-34(20-28(31)36)26-10-6-5-9-25(23)26/h2-14,18H,15-17,19-20H2,1H3,(H2,31,36). The maximum atomic E-state index is 11.7. The van der Waals surface area contributed by atoms with Gasteiger partial charge in [0.15, 0.2) is 0 Å². The van der Waals surface area contributed by atoms with E-state index in [1.54, 1.807) is 7.11 Å². The number of para-hydroxylation sites is 1. The smallest absolute Gasteiger partial charge is 0.237 e. The minimum Gasteiger partial charge on any atom is -0.497 e. The molecule has 186 valence electrons. The van der Waals surface area contributed by atoms with Crippen molar-refractivity contribution in [2.24, 2.45) is 5.73 Å². The molecule has 5 aromatic rings. The SMILES string of the molecule is COc1ccc(-c2nc(-c3ccccc3)n3c2CN(Cc2cn(CC(N)=O)c4ccccc24)CC3)cc1. The summed E-state index contributed by atoms with van der Waals surface area (Å²) >= 11 is 0. The third kappa shape index (κ3) is 4.38. The molecule has 0 atom stereocenters. The molecule has 2 N–H and O–H groups in total. The van der Waals surface area contributed by atoms with Crippen molar-refractivity contribution >= 4 is 16.8 Å². The van der Waals surface area contributed by atoms with E-state index in [1.165, 1.54) is 11.3 Å². The molecule has 0 saturated heterocycles. The average molecular weight is 492 g/mol. The molecule has 1 aliphatic rings. The van der Waals surface area contributed by atoms with Crippen LogP contribution in [0.4, 0.5) is 0 Å². The van der Waals surface area contributed by atoms with Crippen LogP contribution in [0.1, 0.15) is 11.3 Å². The van der Waals surface area contributed by atoms with E-state index in [-0.39, 0.29) is 12.5 Å². The number of ether oxygens (including phenoxy) is 1. The monoisotopic (exact) mass is 491 g/mol. The molecule has 37 heavy (non-hydrogen) atoms. The zero-order valence-electron chi connectivity index (χ0n) is 20.8. The average Bonchev–Trinajstić information content (AvgIpc) is 3.47. The zero-order chi connectivity index (χ0) is 25.4. The van der Waals surface area contributed by atoms with E-state index >= 15 is 0 Å². The third-order valence-corrected chi connectivity index (χ3v) is 7.07. The first-order chi connectivity index (χ1) is 18.1. The summed E-state index contributed by atoms with van der Waals surface area (Å²) in [4.78, 5) is 19.3. The molecular weight excluding hydrogens is 462 g/mol. The van der Waals surface area contributed by atoms with E-state index in [4.69, 9.17) is 15.5 Å². The maximum Gasteiger partial charge on any atom is 0.237 e.